The van der Waals surface area contributed by atoms with Crippen molar-refractivity contribution < 1.29 is 14.7 Å². The molecule has 0 saturated heterocycles. The first-order valence-corrected chi connectivity index (χ1v) is 5.02. The molecule has 86 valence electrons. The van der Waals surface area contributed by atoms with Crippen LogP contribution in [0.5, 0.6) is 0 Å². The smallest absolute Gasteiger partial charge is 0.303 e. The molecule has 5 heteroatoms. The zero-order chi connectivity index (χ0) is 12.0. The second-order valence-electron chi connectivity index (χ2n) is 3.48. The quantitative estimate of drug-likeness (QED) is 0.792. The van der Waals surface area contributed by atoms with E-state index in [1.807, 2.05) is 6.92 Å². The topological polar surface area (TPSA) is 79.3 Å². The minimum atomic E-state index is -0.882. The lowest BCUT2D eigenvalue weighted by atomic mass is 10.2. The first-order valence-electron chi connectivity index (χ1n) is 5.02. The average molecular weight is 222 g/mol. The van der Waals surface area contributed by atoms with Gasteiger partial charge in [-0.3, -0.25) is 14.6 Å². The predicted molar refractivity (Wildman–Crippen MR) is 59.1 cm³/mol. The molecule has 1 aromatic rings. The van der Waals surface area contributed by atoms with Gasteiger partial charge in [0.25, 0.3) is 0 Å². The maximum Gasteiger partial charge on any atom is 0.303 e. The summed E-state index contributed by atoms with van der Waals surface area (Å²) >= 11 is 0. The van der Waals surface area contributed by atoms with Gasteiger partial charge >= 0.3 is 5.97 Å². The van der Waals surface area contributed by atoms with Crippen LogP contribution >= 0.6 is 0 Å². The minimum Gasteiger partial charge on any atom is -0.481 e. The molecule has 5 nitrogen and oxygen atoms in total. The molecule has 2 N–H and O–H groups in total. The number of carbonyl (C=O) groups is 2. The van der Waals surface area contributed by atoms with Gasteiger partial charge in [0.05, 0.1) is 0 Å². The highest BCUT2D eigenvalue weighted by molar-refractivity contribution is 5.90. The first kappa shape index (κ1) is 12.2. The molecule has 0 unspecified atom stereocenters. The fourth-order valence-electron chi connectivity index (χ4n) is 1.25. The number of hydrogen-bond acceptors (Lipinski definition) is 3. The van der Waals surface area contributed by atoms with Crippen molar-refractivity contribution in [2.24, 2.45) is 0 Å². The van der Waals surface area contributed by atoms with E-state index in [0.717, 1.165) is 5.69 Å². The molecule has 0 aliphatic rings. The highest BCUT2D eigenvalue weighted by Gasteiger charge is 2.04. The highest BCUT2D eigenvalue weighted by Crippen LogP contribution is 2.08. The molecule has 0 bridgehead atoms. The number of aliphatic carboxylic acids is 1. The number of rotatable bonds is 5. The summed E-state index contributed by atoms with van der Waals surface area (Å²) in [5.74, 6) is -1.06. The van der Waals surface area contributed by atoms with E-state index in [1.165, 1.54) is 0 Å². The minimum absolute atomic E-state index is 0.0167. The maximum absolute atomic E-state index is 11.4. The Labute approximate surface area is 93.5 Å². The first-order chi connectivity index (χ1) is 7.58. The molecule has 1 aromatic heterocycles. The lowest BCUT2D eigenvalue weighted by Crippen LogP contribution is -2.12. The van der Waals surface area contributed by atoms with Crippen LogP contribution in [0.3, 0.4) is 0 Å². The third-order valence-electron chi connectivity index (χ3n) is 1.97. The largest absolute Gasteiger partial charge is 0.481 e. The van der Waals surface area contributed by atoms with Gasteiger partial charge in [0.2, 0.25) is 5.91 Å². The fourth-order valence-corrected chi connectivity index (χ4v) is 1.25. The molecule has 0 atom stereocenters. The van der Waals surface area contributed by atoms with Gasteiger partial charge in [0.1, 0.15) is 0 Å². The van der Waals surface area contributed by atoms with Crippen LogP contribution in [-0.2, 0) is 9.59 Å². The third-order valence-corrected chi connectivity index (χ3v) is 1.97. The van der Waals surface area contributed by atoms with Gasteiger partial charge in [0.15, 0.2) is 0 Å². The Bertz CT molecular complexity index is 391. The molecule has 0 aromatic carbocycles. The highest BCUT2D eigenvalue weighted by atomic mass is 16.4. The van der Waals surface area contributed by atoms with Crippen LogP contribution in [0.25, 0.3) is 0 Å². The number of anilines is 1. The van der Waals surface area contributed by atoms with E-state index >= 15 is 0 Å². The van der Waals surface area contributed by atoms with Crippen molar-refractivity contribution in [1.82, 2.24) is 4.98 Å². The van der Waals surface area contributed by atoms with E-state index in [-0.39, 0.29) is 18.7 Å². The van der Waals surface area contributed by atoms with Gasteiger partial charge in [0, 0.05) is 30.4 Å². The zero-order valence-corrected chi connectivity index (χ0v) is 9.06. The summed E-state index contributed by atoms with van der Waals surface area (Å²) < 4.78 is 0. The van der Waals surface area contributed by atoms with Crippen molar-refractivity contribution in [1.29, 1.82) is 0 Å². The van der Waals surface area contributed by atoms with E-state index in [1.54, 1.807) is 18.3 Å². The van der Waals surface area contributed by atoms with E-state index in [9.17, 15) is 9.59 Å². The van der Waals surface area contributed by atoms with Gasteiger partial charge in [-0.05, 0) is 25.5 Å². The van der Waals surface area contributed by atoms with Crippen molar-refractivity contribution in [3.05, 3.63) is 24.0 Å². The Morgan fingerprint density at radius 1 is 1.44 bits per heavy atom. The van der Waals surface area contributed by atoms with Crippen molar-refractivity contribution in [3.8, 4) is 0 Å². The number of aromatic nitrogens is 1. The standard InChI is InChI=1S/C11H14N2O3/c1-8-7-9(5-6-12-8)13-10(14)3-2-4-11(15)16/h5-7H,2-4H2,1H3,(H,15,16)(H,12,13,14). The normalized spacial score (nSPS) is 9.81. The summed E-state index contributed by atoms with van der Waals surface area (Å²) in [6.45, 7) is 1.83. The van der Waals surface area contributed by atoms with Gasteiger partial charge < -0.3 is 10.4 Å². The number of hydrogen-bond donors (Lipinski definition) is 2. The Kier molecular flexibility index (Phi) is 4.44. The van der Waals surface area contributed by atoms with Gasteiger partial charge in [-0.1, -0.05) is 0 Å². The number of aryl methyl sites for hydroxylation is 1. The average Bonchev–Trinajstić information content (AvgIpc) is 2.16. The monoisotopic (exact) mass is 222 g/mol. The molecule has 1 amide bonds. The van der Waals surface area contributed by atoms with Gasteiger partial charge in [-0.2, -0.15) is 0 Å². The van der Waals surface area contributed by atoms with Crippen LogP contribution < -0.4 is 5.32 Å². The molecule has 16 heavy (non-hydrogen) atoms. The summed E-state index contributed by atoms with van der Waals surface area (Å²) in [7, 11) is 0. The number of carboxylic acid groups (broad SMARTS) is 1. The Hall–Kier alpha value is -1.91. The Balaban J connectivity index is 2.37. The summed E-state index contributed by atoms with van der Waals surface area (Å²) in [6, 6.07) is 3.46. The van der Waals surface area contributed by atoms with Gasteiger partial charge in [-0.25, -0.2) is 0 Å². The molecule has 1 heterocycles. The number of nitrogens with one attached hydrogen (secondary N) is 1. The van der Waals surface area contributed by atoms with Crippen molar-refractivity contribution in [3.63, 3.8) is 0 Å². The summed E-state index contributed by atoms with van der Waals surface area (Å²) in [6.07, 6.45) is 2.20. The van der Waals surface area contributed by atoms with Gasteiger partial charge in [-0.15, -0.1) is 0 Å². The number of carbonyl (C=O) groups excluding carboxylic acids is 1. The SMILES string of the molecule is Cc1cc(NC(=O)CCCC(=O)O)ccn1. The van der Waals surface area contributed by atoms with E-state index < -0.39 is 5.97 Å². The second kappa shape index (κ2) is 5.85. The maximum atomic E-state index is 11.4. The van der Waals surface area contributed by atoms with Crippen molar-refractivity contribution in [2.75, 3.05) is 5.32 Å². The van der Waals surface area contributed by atoms with Crippen LogP contribution in [-0.4, -0.2) is 22.0 Å². The summed E-state index contributed by atoms with van der Waals surface area (Å²) in [5, 5.41) is 11.1. The number of pyridine rings is 1. The van der Waals surface area contributed by atoms with Crippen LogP contribution in [0.2, 0.25) is 0 Å². The molecule has 0 radical (unpaired) electrons. The predicted octanol–water partition coefficient (Wildman–Crippen LogP) is 1.58. The molecular weight excluding hydrogens is 208 g/mol. The molecule has 1 rings (SSSR count). The molecule has 0 spiro atoms. The molecule has 0 aliphatic heterocycles. The molecule has 0 aliphatic carbocycles. The molecule has 0 fully saturated rings. The van der Waals surface area contributed by atoms with E-state index in [2.05, 4.69) is 10.3 Å². The lowest BCUT2D eigenvalue weighted by molar-refractivity contribution is -0.137. The number of nitrogens with zero attached hydrogens (tertiary/aromatic N) is 1. The number of carboxylic acids is 1. The van der Waals surface area contributed by atoms with Crippen molar-refractivity contribution >= 4 is 17.6 Å². The van der Waals surface area contributed by atoms with Crippen LogP contribution in [0.4, 0.5) is 5.69 Å². The zero-order valence-electron chi connectivity index (χ0n) is 9.06. The van der Waals surface area contributed by atoms with Crippen LogP contribution in [0.1, 0.15) is 25.0 Å². The Morgan fingerprint density at radius 3 is 2.81 bits per heavy atom. The Morgan fingerprint density at radius 2 is 2.19 bits per heavy atom. The second-order valence-corrected chi connectivity index (χ2v) is 3.48. The fraction of sp³-hybridized carbons (Fsp3) is 0.364. The summed E-state index contributed by atoms with van der Waals surface area (Å²) in [5.41, 5.74) is 1.51. The van der Waals surface area contributed by atoms with Crippen LogP contribution in [0, 0.1) is 6.92 Å². The lowest BCUT2D eigenvalue weighted by Gasteiger charge is -2.04. The summed E-state index contributed by atoms with van der Waals surface area (Å²) in [4.78, 5) is 25.6. The van der Waals surface area contributed by atoms with Crippen LogP contribution in [0.15, 0.2) is 18.3 Å². The number of amides is 1. The third kappa shape index (κ3) is 4.54. The van der Waals surface area contributed by atoms with E-state index in [4.69, 9.17) is 5.11 Å². The van der Waals surface area contributed by atoms with E-state index in [0.29, 0.717) is 12.1 Å². The molecular formula is C11H14N2O3. The van der Waals surface area contributed by atoms with Crippen molar-refractivity contribution in [2.45, 2.75) is 26.2 Å². The molecule has 0 saturated carbocycles.